The van der Waals surface area contributed by atoms with Crippen molar-refractivity contribution in [2.75, 3.05) is 0 Å². The lowest BCUT2D eigenvalue weighted by molar-refractivity contribution is -0.130. The number of carbonyl (C=O) groups is 2. The lowest BCUT2D eigenvalue weighted by Crippen LogP contribution is -2.39. The fourth-order valence-electron chi connectivity index (χ4n) is 2.42. The van der Waals surface area contributed by atoms with Gasteiger partial charge in [0.2, 0.25) is 5.91 Å². The van der Waals surface area contributed by atoms with Crippen LogP contribution in [0.5, 0.6) is 0 Å². The molecule has 0 aliphatic carbocycles. The third-order valence-electron chi connectivity index (χ3n) is 3.35. The van der Waals surface area contributed by atoms with E-state index in [2.05, 4.69) is 0 Å². The molecule has 1 heterocycles. The molecule has 1 aromatic carbocycles. The van der Waals surface area contributed by atoms with Gasteiger partial charge in [-0.3, -0.25) is 4.79 Å². The predicted molar refractivity (Wildman–Crippen MR) is 76.0 cm³/mol. The van der Waals surface area contributed by atoms with E-state index < -0.39 is 6.09 Å². The van der Waals surface area contributed by atoms with E-state index in [1.165, 1.54) is 4.90 Å². The van der Waals surface area contributed by atoms with Crippen molar-refractivity contribution in [3.8, 4) is 0 Å². The lowest BCUT2D eigenvalue weighted by Gasteiger charge is -2.23. The first kappa shape index (κ1) is 14.6. The smallest absolute Gasteiger partial charge is 0.417 e. The lowest BCUT2D eigenvalue weighted by atomic mass is 9.91. The summed E-state index contributed by atoms with van der Waals surface area (Å²) < 4.78 is 5.37. The fraction of sp³-hybridized carbons (Fsp3) is 0.500. The first-order chi connectivity index (χ1) is 9.29. The summed E-state index contributed by atoms with van der Waals surface area (Å²) >= 11 is 0. The van der Waals surface area contributed by atoms with Crippen LogP contribution >= 0.6 is 0 Å². The number of hydrogen-bond donors (Lipinski definition) is 0. The Morgan fingerprint density at radius 1 is 1.25 bits per heavy atom. The van der Waals surface area contributed by atoms with Crippen molar-refractivity contribution in [2.24, 2.45) is 5.41 Å². The molecule has 0 saturated carbocycles. The molecule has 1 saturated heterocycles. The minimum Gasteiger partial charge on any atom is -0.439 e. The molecule has 2 amide bonds. The quantitative estimate of drug-likeness (QED) is 0.829. The van der Waals surface area contributed by atoms with Crippen molar-refractivity contribution in [2.45, 2.75) is 46.3 Å². The van der Waals surface area contributed by atoms with Crippen molar-refractivity contribution in [3.63, 3.8) is 0 Å². The molecule has 1 fully saturated rings. The van der Waals surface area contributed by atoms with Crippen LogP contribution in [0.3, 0.4) is 0 Å². The van der Waals surface area contributed by atoms with Gasteiger partial charge in [0.15, 0.2) is 0 Å². The Balaban J connectivity index is 2.17. The summed E-state index contributed by atoms with van der Waals surface area (Å²) in [6, 6.07) is 9.25. The summed E-state index contributed by atoms with van der Waals surface area (Å²) in [6.45, 7) is 7.78. The van der Waals surface area contributed by atoms with E-state index in [0.29, 0.717) is 6.42 Å². The van der Waals surface area contributed by atoms with Crippen LogP contribution in [-0.4, -0.2) is 22.9 Å². The number of cyclic esters (lactones) is 1. The molecule has 108 valence electrons. The highest BCUT2D eigenvalue weighted by Gasteiger charge is 2.43. The van der Waals surface area contributed by atoms with Crippen LogP contribution in [0.2, 0.25) is 0 Å². The van der Waals surface area contributed by atoms with Gasteiger partial charge in [-0.2, -0.15) is 0 Å². The summed E-state index contributed by atoms with van der Waals surface area (Å²) in [5, 5.41) is 0. The average Bonchev–Trinajstić information content (AvgIpc) is 2.64. The second-order valence-corrected chi connectivity index (χ2v) is 6.46. The highest BCUT2D eigenvalue weighted by Crippen LogP contribution is 2.33. The van der Waals surface area contributed by atoms with Gasteiger partial charge in [-0.25, -0.2) is 9.69 Å². The molecule has 0 spiro atoms. The number of benzene rings is 1. The fourth-order valence-corrected chi connectivity index (χ4v) is 2.42. The van der Waals surface area contributed by atoms with E-state index >= 15 is 0 Å². The second kappa shape index (κ2) is 5.27. The molecule has 0 bridgehead atoms. The van der Waals surface area contributed by atoms with E-state index in [0.717, 1.165) is 5.56 Å². The average molecular weight is 275 g/mol. The van der Waals surface area contributed by atoms with Gasteiger partial charge in [-0.1, -0.05) is 51.1 Å². The van der Waals surface area contributed by atoms with Gasteiger partial charge in [0.25, 0.3) is 0 Å². The number of ether oxygens (including phenoxy) is 1. The van der Waals surface area contributed by atoms with Crippen LogP contribution in [0, 0.1) is 5.41 Å². The van der Waals surface area contributed by atoms with Crippen LogP contribution < -0.4 is 0 Å². The number of nitrogens with zero attached hydrogens (tertiary/aromatic N) is 1. The van der Waals surface area contributed by atoms with E-state index in [9.17, 15) is 9.59 Å². The van der Waals surface area contributed by atoms with Gasteiger partial charge < -0.3 is 4.74 Å². The van der Waals surface area contributed by atoms with E-state index in [4.69, 9.17) is 4.74 Å². The summed E-state index contributed by atoms with van der Waals surface area (Å²) in [4.78, 5) is 25.5. The maximum Gasteiger partial charge on any atom is 0.417 e. The zero-order valence-corrected chi connectivity index (χ0v) is 12.4. The Morgan fingerprint density at radius 3 is 2.40 bits per heavy atom. The topological polar surface area (TPSA) is 46.6 Å². The van der Waals surface area contributed by atoms with Crippen molar-refractivity contribution in [3.05, 3.63) is 35.9 Å². The van der Waals surface area contributed by atoms with Crippen LogP contribution in [-0.2, 0) is 9.53 Å². The molecule has 4 heteroatoms. The molecule has 2 atom stereocenters. The number of amides is 2. The summed E-state index contributed by atoms with van der Waals surface area (Å²) in [6.07, 6.45) is -0.596. The van der Waals surface area contributed by atoms with Crippen molar-refractivity contribution in [1.29, 1.82) is 0 Å². The van der Waals surface area contributed by atoms with E-state index in [-0.39, 0.29) is 23.5 Å². The molecule has 20 heavy (non-hydrogen) atoms. The Bertz CT molecular complexity index is 504. The molecule has 0 radical (unpaired) electrons. The molecule has 0 N–H and O–H groups in total. The minimum absolute atomic E-state index is 0.151. The largest absolute Gasteiger partial charge is 0.439 e. The van der Waals surface area contributed by atoms with Gasteiger partial charge in [0.1, 0.15) is 6.10 Å². The molecular formula is C16H21NO3. The Kier molecular flexibility index (Phi) is 3.84. The first-order valence-electron chi connectivity index (χ1n) is 6.87. The molecule has 1 aliphatic heterocycles. The number of carbonyl (C=O) groups excluding carboxylic acids is 2. The third-order valence-corrected chi connectivity index (χ3v) is 3.35. The standard InChI is InChI=1S/C16H21NO3/c1-11-14(12-8-6-5-7-9-12)20-15(19)17(11)13(18)10-16(2,3)4/h5-9,11,14H,10H2,1-4H3/t11-,14-/m1/s1. The summed E-state index contributed by atoms with van der Waals surface area (Å²) in [5.41, 5.74) is 0.765. The molecule has 2 rings (SSSR count). The summed E-state index contributed by atoms with van der Waals surface area (Å²) in [7, 11) is 0. The number of imide groups is 1. The zero-order chi connectivity index (χ0) is 14.9. The van der Waals surface area contributed by atoms with Crippen LogP contribution in [0.15, 0.2) is 30.3 Å². The zero-order valence-electron chi connectivity index (χ0n) is 12.4. The number of hydrogen-bond acceptors (Lipinski definition) is 3. The monoisotopic (exact) mass is 275 g/mol. The third kappa shape index (κ3) is 3.00. The van der Waals surface area contributed by atoms with Gasteiger partial charge in [-0.05, 0) is 17.9 Å². The minimum atomic E-state index is -0.541. The highest BCUT2D eigenvalue weighted by molar-refractivity contribution is 5.94. The molecule has 0 unspecified atom stereocenters. The maximum absolute atomic E-state index is 12.3. The van der Waals surface area contributed by atoms with Crippen LogP contribution in [0.4, 0.5) is 4.79 Å². The van der Waals surface area contributed by atoms with Crippen LogP contribution in [0.25, 0.3) is 0 Å². The Labute approximate surface area is 119 Å². The van der Waals surface area contributed by atoms with Crippen molar-refractivity contribution < 1.29 is 14.3 Å². The Hall–Kier alpha value is -1.84. The molecule has 0 aromatic heterocycles. The second-order valence-electron chi connectivity index (χ2n) is 6.46. The number of rotatable bonds is 2. The summed E-state index contributed by atoms with van der Waals surface area (Å²) in [5.74, 6) is -0.173. The van der Waals surface area contributed by atoms with Gasteiger partial charge in [0.05, 0.1) is 6.04 Å². The van der Waals surface area contributed by atoms with Gasteiger partial charge >= 0.3 is 6.09 Å². The van der Waals surface area contributed by atoms with Gasteiger partial charge in [-0.15, -0.1) is 0 Å². The van der Waals surface area contributed by atoms with Crippen molar-refractivity contribution >= 4 is 12.0 Å². The maximum atomic E-state index is 12.3. The first-order valence-corrected chi connectivity index (χ1v) is 6.87. The van der Waals surface area contributed by atoms with E-state index in [1.54, 1.807) is 0 Å². The van der Waals surface area contributed by atoms with E-state index in [1.807, 2.05) is 58.0 Å². The van der Waals surface area contributed by atoms with Gasteiger partial charge in [0, 0.05) is 6.42 Å². The predicted octanol–water partition coefficient (Wildman–Crippen LogP) is 3.53. The molecular weight excluding hydrogens is 254 g/mol. The Morgan fingerprint density at radius 2 is 1.85 bits per heavy atom. The van der Waals surface area contributed by atoms with Crippen molar-refractivity contribution in [1.82, 2.24) is 4.90 Å². The molecule has 1 aromatic rings. The molecule has 4 nitrogen and oxygen atoms in total. The highest BCUT2D eigenvalue weighted by atomic mass is 16.6. The molecule has 1 aliphatic rings. The van der Waals surface area contributed by atoms with Crippen LogP contribution in [0.1, 0.15) is 45.8 Å². The normalized spacial score (nSPS) is 22.8. The SMILES string of the molecule is C[C@@H]1[C@H](c2ccccc2)OC(=O)N1C(=O)CC(C)(C)C.